The molecule has 9 heteroatoms. The molecule has 0 bridgehead atoms. The van der Waals surface area contributed by atoms with Crippen molar-refractivity contribution in [2.75, 3.05) is 7.11 Å². The third-order valence-electron chi connectivity index (χ3n) is 4.62. The molecule has 3 aromatic rings. The van der Waals surface area contributed by atoms with Crippen LogP contribution in [0.1, 0.15) is 23.6 Å². The van der Waals surface area contributed by atoms with Gasteiger partial charge in [-0.25, -0.2) is 4.79 Å². The number of carbonyl (C=O) groups excluding carboxylic acids is 2. The molecule has 0 saturated heterocycles. The Morgan fingerprint density at radius 2 is 1.48 bits per heavy atom. The first-order chi connectivity index (χ1) is 15.9. The summed E-state index contributed by atoms with van der Waals surface area (Å²) >= 11 is 0. The Labute approximate surface area is 192 Å². The summed E-state index contributed by atoms with van der Waals surface area (Å²) in [6, 6.07) is 22.2. The molecule has 0 spiro atoms. The molecule has 0 aliphatic heterocycles. The van der Waals surface area contributed by atoms with Gasteiger partial charge in [0.25, 0.3) is 0 Å². The molecule has 1 atom stereocenters. The summed E-state index contributed by atoms with van der Waals surface area (Å²) in [4.78, 5) is 24.2. The third-order valence-corrected chi connectivity index (χ3v) is 5.88. The topological polar surface area (TPSA) is 108 Å². The minimum absolute atomic E-state index is 0.0282. The Morgan fingerprint density at radius 1 is 0.879 bits per heavy atom. The number of hydrogen-bond acceptors (Lipinski definition) is 7. The van der Waals surface area contributed by atoms with E-state index in [1.54, 1.807) is 30.3 Å². The summed E-state index contributed by atoms with van der Waals surface area (Å²) in [5, 5.41) is 2.64. The summed E-state index contributed by atoms with van der Waals surface area (Å²) in [6.07, 6.45) is -0.848. The van der Waals surface area contributed by atoms with Gasteiger partial charge in [-0.1, -0.05) is 60.7 Å². The number of esters is 1. The van der Waals surface area contributed by atoms with Crippen LogP contribution < -0.4 is 9.50 Å². The van der Waals surface area contributed by atoms with Gasteiger partial charge < -0.3 is 19.0 Å². The van der Waals surface area contributed by atoms with Crippen LogP contribution in [0.3, 0.4) is 0 Å². The van der Waals surface area contributed by atoms with Gasteiger partial charge in [0.1, 0.15) is 17.3 Å². The molecule has 0 aliphatic rings. The highest BCUT2D eigenvalue weighted by Gasteiger charge is 2.21. The van der Waals surface area contributed by atoms with Crippen LogP contribution in [0.15, 0.2) is 89.8 Å². The number of nitrogens with one attached hydrogen (secondary N) is 1. The minimum atomic E-state index is -3.99. The van der Waals surface area contributed by atoms with Gasteiger partial charge in [-0.2, -0.15) is 8.42 Å². The molecular weight excluding hydrogens is 446 g/mol. The van der Waals surface area contributed by atoms with Crippen LogP contribution >= 0.6 is 0 Å². The minimum Gasteiger partial charge on any atom is -0.469 e. The molecule has 0 radical (unpaired) electrons. The zero-order valence-corrected chi connectivity index (χ0v) is 18.7. The van der Waals surface area contributed by atoms with E-state index in [1.165, 1.54) is 31.4 Å². The highest BCUT2D eigenvalue weighted by Crippen LogP contribution is 2.24. The van der Waals surface area contributed by atoms with Gasteiger partial charge in [-0.15, -0.1) is 0 Å². The SMILES string of the molecule is COC(=O)CC(NC(=O)OCc1ccccc1)c1ccc(OS(=O)(=O)c2ccccc2)cc1. The van der Waals surface area contributed by atoms with E-state index in [-0.39, 0.29) is 23.7 Å². The van der Waals surface area contributed by atoms with Gasteiger partial charge in [0, 0.05) is 0 Å². The van der Waals surface area contributed by atoms with E-state index in [0.29, 0.717) is 5.56 Å². The van der Waals surface area contributed by atoms with E-state index in [2.05, 4.69) is 5.32 Å². The number of ether oxygens (including phenoxy) is 2. The maximum Gasteiger partial charge on any atom is 0.407 e. The largest absolute Gasteiger partial charge is 0.469 e. The van der Waals surface area contributed by atoms with E-state index in [0.717, 1.165) is 5.56 Å². The molecule has 33 heavy (non-hydrogen) atoms. The van der Waals surface area contributed by atoms with Gasteiger partial charge in [0.15, 0.2) is 0 Å². The maximum absolute atomic E-state index is 12.4. The van der Waals surface area contributed by atoms with Crippen molar-refractivity contribution in [1.82, 2.24) is 5.32 Å². The number of alkyl carbamates (subject to hydrolysis) is 1. The fraction of sp³-hybridized carbons (Fsp3) is 0.167. The number of amides is 1. The van der Waals surface area contributed by atoms with E-state index in [4.69, 9.17) is 13.7 Å². The van der Waals surface area contributed by atoms with Gasteiger partial charge in [-0.3, -0.25) is 4.79 Å². The first-order valence-corrected chi connectivity index (χ1v) is 11.4. The Hall–Kier alpha value is -3.85. The van der Waals surface area contributed by atoms with Gasteiger partial charge >= 0.3 is 22.2 Å². The van der Waals surface area contributed by atoms with Gasteiger partial charge in [0.2, 0.25) is 0 Å². The second-order valence-electron chi connectivity index (χ2n) is 6.96. The lowest BCUT2D eigenvalue weighted by Crippen LogP contribution is -2.31. The number of benzene rings is 3. The van der Waals surface area contributed by atoms with Crippen LogP contribution in [0, 0.1) is 0 Å². The van der Waals surface area contributed by atoms with Crippen LogP contribution in [0.2, 0.25) is 0 Å². The number of rotatable bonds is 9. The van der Waals surface area contributed by atoms with Crippen LogP contribution in [-0.4, -0.2) is 27.6 Å². The summed E-state index contributed by atoms with van der Waals surface area (Å²) < 4.78 is 39.9. The molecule has 3 aromatic carbocycles. The van der Waals surface area contributed by atoms with E-state index in [1.807, 2.05) is 30.3 Å². The molecule has 3 rings (SSSR count). The molecule has 0 aliphatic carbocycles. The number of methoxy groups -OCH3 is 1. The summed E-state index contributed by atoms with van der Waals surface area (Å²) in [7, 11) is -2.74. The number of hydrogen-bond donors (Lipinski definition) is 1. The fourth-order valence-corrected chi connectivity index (χ4v) is 3.88. The average molecular weight is 470 g/mol. The van der Waals surface area contributed by atoms with E-state index in [9.17, 15) is 18.0 Å². The molecule has 1 unspecified atom stereocenters. The quantitative estimate of drug-likeness (QED) is 0.373. The van der Waals surface area contributed by atoms with Crippen molar-refractivity contribution >= 4 is 22.2 Å². The predicted octanol–water partition coefficient (Wildman–Crippen LogP) is 3.98. The first kappa shape index (κ1) is 23.8. The van der Waals surface area contributed by atoms with Crippen molar-refractivity contribution in [3.8, 4) is 5.75 Å². The molecule has 0 saturated carbocycles. The van der Waals surface area contributed by atoms with Crippen molar-refractivity contribution in [3.05, 3.63) is 96.1 Å². The molecule has 172 valence electrons. The van der Waals surface area contributed by atoms with Crippen molar-refractivity contribution in [2.24, 2.45) is 0 Å². The van der Waals surface area contributed by atoms with Crippen LogP contribution in [0.4, 0.5) is 4.79 Å². The van der Waals surface area contributed by atoms with Crippen molar-refractivity contribution in [1.29, 1.82) is 0 Å². The molecule has 0 heterocycles. The predicted molar refractivity (Wildman–Crippen MR) is 120 cm³/mol. The highest BCUT2D eigenvalue weighted by atomic mass is 32.2. The molecular formula is C24H23NO7S. The second-order valence-corrected chi connectivity index (χ2v) is 8.50. The first-order valence-electron chi connectivity index (χ1n) is 10.0. The maximum atomic E-state index is 12.4. The molecule has 0 aromatic heterocycles. The van der Waals surface area contributed by atoms with Crippen molar-refractivity contribution in [2.45, 2.75) is 24.0 Å². The van der Waals surface area contributed by atoms with Crippen LogP contribution in [0.25, 0.3) is 0 Å². The molecule has 1 amide bonds. The number of carbonyl (C=O) groups is 2. The Kier molecular flexibility index (Phi) is 8.04. The molecule has 1 N–H and O–H groups in total. The van der Waals surface area contributed by atoms with E-state index < -0.39 is 28.2 Å². The van der Waals surface area contributed by atoms with Crippen LogP contribution in [0.5, 0.6) is 5.75 Å². The third kappa shape index (κ3) is 7.08. The van der Waals surface area contributed by atoms with Crippen molar-refractivity contribution in [3.63, 3.8) is 0 Å². The standard InChI is InChI=1S/C24H23NO7S/c1-30-23(26)16-22(25-24(27)31-17-18-8-4-2-5-9-18)19-12-14-20(15-13-19)32-33(28,29)21-10-6-3-7-11-21/h2-15,22H,16-17H2,1H3,(H,25,27). The lowest BCUT2D eigenvalue weighted by Gasteiger charge is -2.18. The fourth-order valence-electron chi connectivity index (χ4n) is 2.93. The van der Waals surface area contributed by atoms with E-state index >= 15 is 0 Å². The zero-order chi connectivity index (χ0) is 23.7. The van der Waals surface area contributed by atoms with Crippen molar-refractivity contribution < 1.29 is 31.7 Å². The summed E-state index contributed by atoms with van der Waals surface area (Å²) in [6.45, 7) is 0.0712. The monoisotopic (exact) mass is 469 g/mol. The smallest absolute Gasteiger partial charge is 0.407 e. The molecule has 0 fully saturated rings. The highest BCUT2D eigenvalue weighted by molar-refractivity contribution is 7.87. The lowest BCUT2D eigenvalue weighted by atomic mass is 10.0. The second kappa shape index (κ2) is 11.1. The summed E-state index contributed by atoms with van der Waals surface area (Å²) in [5.74, 6) is -0.443. The summed E-state index contributed by atoms with van der Waals surface area (Å²) in [5.41, 5.74) is 1.36. The van der Waals surface area contributed by atoms with Gasteiger partial charge in [0.05, 0.1) is 19.6 Å². The normalized spacial score (nSPS) is 11.8. The Morgan fingerprint density at radius 3 is 2.09 bits per heavy atom. The van der Waals surface area contributed by atoms with Crippen LogP contribution in [-0.2, 0) is 31.0 Å². The van der Waals surface area contributed by atoms with Gasteiger partial charge in [-0.05, 0) is 35.4 Å². The Balaban J connectivity index is 1.69. The zero-order valence-electron chi connectivity index (χ0n) is 17.8. The average Bonchev–Trinajstić information content (AvgIpc) is 2.83. The Bertz CT molecular complexity index is 1160. The molecule has 8 nitrogen and oxygen atoms in total. The lowest BCUT2D eigenvalue weighted by molar-refractivity contribution is -0.141.